The Balaban J connectivity index is 1.32. The summed E-state index contributed by atoms with van der Waals surface area (Å²) < 4.78 is 50.7. The molecule has 242 valence electrons. The molecular formula is C22H30N6O14P2. The first kappa shape index (κ1) is 33.9. The van der Waals surface area contributed by atoms with E-state index in [9.17, 15) is 44.1 Å². The minimum absolute atomic E-state index is 0.0504. The van der Waals surface area contributed by atoms with Gasteiger partial charge < -0.3 is 51.2 Å². The third kappa shape index (κ3) is 8.20. The molecule has 3 heterocycles. The zero-order valence-corrected chi connectivity index (χ0v) is 24.3. The Morgan fingerprint density at radius 3 is 2.55 bits per heavy atom. The van der Waals surface area contributed by atoms with Crippen molar-refractivity contribution in [2.45, 2.75) is 43.4 Å². The van der Waals surface area contributed by atoms with Gasteiger partial charge in [0.25, 0.3) is 0 Å². The Kier molecular flexibility index (Phi) is 10.8. The molecule has 1 amide bonds. The number of benzene rings is 1. The predicted octanol–water partition coefficient (Wildman–Crippen LogP) is -1.68. The van der Waals surface area contributed by atoms with E-state index in [0.29, 0.717) is 5.56 Å². The maximum Gasteiger partial charge on any atom is 0.481 e. The van der Waals surface area contributed by atoms with Crippen molar-refractivity contribution in [1.82, 2.24) is 19.5 Å². The number of phosphoric acid groups is 2. The van der Waals surface area contributed by atoms with Gasteiger partial charge >= 0.3 is 15.6 Å². The number of nitrogen functional groups attached to an aromatic ring is 1. The quantitative estimate of drug-likeness (QED) is 0.0841. The number of hydrogen-bond acceptors (Lipinski definition) is 16. The van der Waals surface area contributed by atoms with Crippen molar-refractivity contribution in [1.29, 1.82) is 0 Å². The summed E-state index contributed by atoms with van der Waals surface area (Å²) in [5.41, 5.74) is 11.9. The first-order valence-corrected chi connectivity index (χ1v) is 15.6. The average Bonchev–Trinajstić information content (AvgIpc) is 3.52. The number of aromatic nitrogens is 4. The van der Waals surface area contributed by atoms with E-state index >= 15 is 0 Å². The fourth-order valence-corrected chi connectivity index (χ4v) is 6.16. The van der Waals surface area contributed by atoms with Crippen LogP contribution in [0.25, 0.3) is 11.2 Å². The number of carbonyl (C=O) groups excluding carboxylic acids is 1. The highest BCUT2D eigenvalue weighted by atomic mass is 31.3. The van der Waals surface area contributed by atoms with Crippen LogP contribution >= 0.6 is 15.6 Å². The predicted molar refractivity (Wildman–Crippen MR) is 145 cm³/mol. The van der Waals surface area contributed by atoms with Crippen molar-refractivity contribution < 1.29 is 67.0 Å². The van der Waals surface area contributed by atoms with E-state index in [4.69, 9.17) is 25.5 Å². The van der Waals surface area contributed by atoms with E-state index in [1.54, 1.807) is 6.07 Å². The highest BCUT2D eigenvalue weighted by molar-refractivity contribution is 7.61. The number of aliphatic hydroxyl groups excluding tert-OH is 4. The maximum absolute atomic E-state index is 12.4. The first-order valence-electron chi connectivity index (χ1n) is 12.6. The van der Waals surface area contributed by atoms with Crippen LogP contribution in [-0.4, -0.2) is 106 Å². The molecule has 0 spiro atoms. The third-order valence-corrected chi connectivity index (χ3v) is 8.90. The minimum Gasteiger partial charge on any atom is -0.394 e. The Bertz CT molecular complexity index is 1560. The number of fused-ring (bicyclic) bond motifs is 1. The lowest BCUT2D eigenvalue weighted by atomic mass is 10.1. The number of aliphatic hydroxyl groups is 4. The molecule has 1 aliphatic rings. The summed E-state index contributed by atoms with van der Waals surface area (Å²) in [5, 5.41) is 40.3. The van der Waals surface area contributed by atoms with Gasteiger partial charge in [-0.25, -0.2) is 24.1 Å². The molecular weight excluding hydrogens is 634 g/mol. The lowest BCUT2D eigenvalue weighted by Crippen LogP contribution is -2.35. The molecule has 5 unspecified atom stereocenters. The number of primary amides is 1. The van der Waals surface area contributed by atoms with E-state index in [2.05, 4.69) is 23.8 Å². The van der Waals surface area contributed by atoms with Gasteiger partial charge in [-0.2, -0.15) is 4.31 Å². The molecule has 1 saturated heterocycles. The second-order valence-corrected chi connectivity index (χ2v) is 12.4. The smallest absolute Gasteiger partial charge is 0.394 e. The Hall–Kier alpha value is -2.94. The third-order valence-electron chi connectivity index (χ3n) is 6.30. The molecule has 8 atom stereocenters. The monoisotopic (exact) mass is 664 g/mol. The molecule has 1 aromatic carbocycles. The van der Waals surface area contributed by atoms with Gasteiger partial charge in [0.1, 0.15) is 42.4 Å². The standard InChI is InChI=1S/C22H30N6O14P2/c23-19-16-21(26-9-25-19)28(10-27-16)22-18(32)17(31)15(41-22)8-40-44(36,37)42-43(34,35)39-7-14(13(30)5-29)38-6-11-2-1-3-12(4-11)20(24)33/h1-4,9-10,13-15,17-18,22,29-32H,5-8H2,(H2,24,33)(H,34,35)(H,36,37)(H2,23,25,26)/t13?,14-,15-,17?,18?,22-/m1/s1. The SMILES string of the molecule is NC(=O)c1cccc(CO[C@H](COP(=O)(O)OP(=O)(O)OC[C@H]2O[C@@H](n3cnc4c(N)ncnc43)C(O)C2O)C(O)CO)c1. The van der Waals surface area contributed by atoms with E-state index in [1.807, 2.05) is 0 Å². The molecule has 20 nitrogen and oxygen atoms in total. The van der Waals surface area contributed by atoms with Gasteiger partial charge in [-0.3, -0.25) is 18.4 Å². The molecule has 3 aromatic rings. The molecule has 1 fully saturated rings. The van der Waals surface area contributed by atoms with E-state index < -0.39 is 78.1 Å². The minimum atomic E-state index is -5.37. The van der Waals surface area contributed by atoms with Gasteiger partial charge in [0.05, 0.1) is 32.8 Å². The second-order valence-electron chi connectivity index (χ2n) is 9.40. The van der Waals surface area contributed by atoms with Gasteiger partial charge in [-0.15, -0.1) is 0 Å². The highest BCUT2D eigenvalue weighted by Crippen LogP contribution is 2.60. The van der Waals surface area contributed by atoms with Crippen molar-refractivity contribution in [2.75, 3.05) is 25.6 Å². The second kappa shape index (κ2) is 14.0. The summed E-state index contributed by atoms with van der Waals surface area (Å²) in [5.74, 6) is -0.650. The van der Waals surface area contributed by atoms with Crippen molar-refractivity contribution in [2.24, 2.45) is 5.73 Å². The molecule has 10 N–H and O–H groups in total. The van der Waals surface area contributed by atoms with Crippen LogP contribution in [0, 0.1) is 0 Å². The molecule has 22 heteroatoms. The van der Waals surface area contributed by atoms with Crippen LogP contribution in [-0.2, 0) is 38.6 Å². The average molecular weight is 664 g/mol. The van der Waals surface area contributed by atoms with Crippen molar-refractivity contribution >= 4 is 38.5 Å². The van der Waals surface area contributed by atoms with Crippen LogP contribution < -0.4 is 11.5 Å². The summed E-state index contributed by atoms with van der Waals surface area (Å²) in [7, 11) is -10.7. The summed E-state index contributed by atoms with van der Waals surface area (Å²) in [4.78, 5) is 43.2. The number of nitrogens with zero attached hydrogens (tertiary/aromatic N) is 4. The van der Waals surface area contributed by atoms with E-state index in [1.165, 1.54) is 29.1 Å². The van der Waals surface area contributed by atoms with Gasteiger partial charge in [0.15, 0.2) is 17.7 Å². The number of phosphoric ester groups is 2. The molecule has 1 aliphatic heterocycles. The fourth-order valence-electron chi connectivity index (χ4n) is 4.07. The van der Waals surface area contributed by atoms with Crippen molar-refractivity contribution in [3.63, 3.8) is 0 Å². The lowest BCUT2D eigenvalue weighted by Gasteiger charge is -2.24. The first-order chi connectivity index (χ1) is 20.7. The molecule has 0 radical (unpaired) electrons. The van der Waals surface area contributed by atoms with E-state index in [-0.39, 0.29) is 29.2 Å². The summed E-state index contributed by atoms with van der Waals surface area (Å²) in [6.45, 7) is -2.91. The zero-order chi connectivity index (χ0) is 32.2. The fraction of sp³-hybridized carbons (Fsp3) is 0.455. The summed E-state index contributed by atoms with van der Waals surface area (Å²) >= 11 is 0. The van der Waals surface area contributed by atoms with Gasteiger partial charge in [0, 0.05) is 5.56 Å². The van der Waals surface area contributed by atoms with Crippen LogP contribution in [0.15, 0.2) is 36.9 Å². The van der Waals surface area contributed by atoms with Crippen LogP contribution in [0.1, 0.15) is 22.1 Å². The number of hydrogen-bond donors (Lipinski definition) is 8. The topological polar surface area (TPSA) is 314 Å². The number of rotatable bonds is 15. The van der Waals surface area contributed by atoms with Crippen LogP contribution in [0.5, 0.6) is 0 Å². The number of imidazole rings is 1. The van der Waals surface area contributed by atoms with Crippen LogP contribution in [0.2, 0.25) is 0 Å². The maximum atomic E-state index is 12.4. The molecule has 0 bridgehead atoms. The van der Waals surface area contributed by atoms with Crippen molar-refractivity contribution in [3.05, 3.63) is 48.0 Å². The van der Waals surface area contributed by atoms with Gasteiger partial charge in [-0.05, 0) is 17.7 Å². The number of nitrogens with two attached hydrogens (primary N) is 2. The van der Waals surface area contributed by atoms with E-state index in [0.717, 1.165) is 6.33 Å². The zero-order valence-electron chi connectivity index (χ0n) is 22.5. The van der Waals surface area contributed by atoms with Gasteiger partial charge in [0.2, 0.25) is 5.91 Å². The molecule has 0 saturated carbocycles. The van der Waals surface area contributed by atoms with Crippen LogP contribution in [0.4, 0.5) is 5.82 Å². The number of ether oxygens (including phenoxy) is 2. The summed E-state index contributed by atoms with van der Waals surface area (Å²) in [6, 6.07) is 5.93. The molecule has 2 aromatic heterocycles. The largest absolute Gasteiger partial charge is 0.481 e. The molecule has 44 heavy (non-hydrogen) atoms. The van der Waals surface area contributed by atoms with Crippen molar-refractivity contribution in [3.8, 4) is 0 Å². The Labute approximate surface area is 248 Å². The van der Waals surface area contributed by atoms with Gasteiger partial charge in [-0.1, -0.05) is 12.1 Å². The number of carbonyl (C=O) groups is 1. The number of anilines is 1. The number of amides is 1. The highest BCUT2D eigenvalue weighted by Gasteiger charge is 2.46. The van der Waals surface area contributed by atoms with Crippen LogP contribution in [0.3, 0.4) is 0 Å². The molecule has 0 aliphatic carbocycles. The Morgan fingerprint density at radius 2 is 1.84 bits per heavy atom. The Morgan fingerprint density at radius 1 is 1.11 bits per heavy atom. The lowest BCUT2D eigenvalue weighted by molar-refractivity contribution is -0.0848. The molecule has 4 rings (SSSR count). The normalized spacial score (nSPS) is 24.5. The summed E-state index contributed by atoms with van der Waals surface area (Å²) in [6.07, 6.45) is -6.65.